The number of hydrogen-bond acceptors (Lipinski definition) is 5. The van der Waals surface area contributed by atoms with Crippen LogP contribution in [0.3, 0.4) is 0 Å². The Kier molecular flexibility index (Phi) is 21.9. The summed E-state index contributed by atoms with van der Waals surface area (Å²) in [7, 11) is 0. The van der Waals surface area contributed by atoms with E-state index in [4.69, 9.17) is 14.6 Å². The average molecular weight is 443 g/mol. The third kappa shape index (κ3) is 24.6. The van der Waals surface area contributed by atoms with Crippen molar-refractivity contribution >= 4 is 17.9 Å². The van der Waals surface area contributed by atoms with E-state index >= 15 is 0 Å². The minimum Gasteiger partial charge on any atom is -0.481 e. The molecule has 6 heteroatoms. The van der Waals surface area contributed by atoms with Crippen LogP contribution in [0.15, 0.2) is 0 Å². The van der Waals surface area contributed by atoms with Crippen molar-refractivity contribution in [3.05, 3.63) is 0 Å². The van der Waals surface area contributed by atoms with E-state index in [9.17, 15) is 14.4 Å². The summed E-state index contributed by atoms with van der Waals surface area (Å²) in [6.45, 7) is 2.90. The van der Waals surface area contributed by atoms with Crippen LogP contribution < -0.4 is 0 Å². The van der Waals surface area contributed by atoms with Crippen molar-refractivity contribution < 1.29 is 29.0 Å². The molecule has 0 unspecified atom stereocenters. The Bertz CT molecular complexity index is 449. The molecule has 0 fully saturated rings. The highest BCUT2D eigenvalue weighted by atomic mass is 16.5. The lowest BCUT2D eigenvalue weighted by Gasteiger charge is -2.06. The maximum absolute atomic E-state index is 11.7. The van der Waals surface area contributed by atoms with Gasteiger partial charge in [0.15, 0.2) is 0 Å². The monoisotopic (exact) mass is 442 g/mol. The molecule has 0 heterocycles. The Hall–Kier alpha value is -1.59. The lowest BCUT2D eigenvalue weighted by atomic mass is 10.1. The summed E-state index contributed by atoms with van der Waals surface area (Å²) in [5.74, 6) is -0.889. The fourth-order valence-corrected chi connectivity index (χ4v) is 3.42. The van der Waals surface area contributed by atoms with Crippen LogP contribution in [0.2, 0.25) is 0 Å². The summed E-state index contributed by atoms with van der Waals surface area (Å²) in [5, 5.41) is 8.57. The highest BCUT2D eigenvalue weighted by molar-refractivity contribution is 5.69. The van der Waals surface area contributed by atoms with Crippen LogP contribution in [0.5, 0.6) is 0 Å². The van der Waals surface area contributed by atoms with Crippen molar-refractivity contribution in [2.75, 3.05) is 13.2 Å². The Morgan fingerprint density at radius 2 is 0.871 bits per heavy atom. The summed E-state index contributed by atoms with van der Waals surface area (Å²) >= 11 is 0. The van der Waals surface area contributed by atoms with E-state index in [-0.39, 0.29) is 18.4 Å². The summed E-state index contributed by atoms with van der Waals surface area (Å²) in [4.78, 5) is 33.1. The van der Waals surface area contributed by atoms with Gasteiger partial charge in [-0.05, 0) is 25.7 Å². The average Bonchev–Trinajstić information content (AvgIpc) is 2.75. The number of carbonyl (C=O) groups excluding carboxylic acids is 2. The molecule has 0 aliphatic heterocycles. The van der Waals surface area contributed by atoms with Crippen LogP contribution in [-0.4, -0.2) is 36.2 Å². The van der Waals surface area contributed by atoms with Crippen LogP contribution in [0.1, 0.15) is 129 Å². The van der Waals surface area contributed by atoms with E-state index < -0.39 is 5.97 Å². The van der Waals surface area contributed by atoms with Crippen LogP contribution in [-0.2, 0) is 23.9 Å². The third-order valence-corrected chi connectivity index (χ3v) is 5.37. The molecule has 0 aromatic rings. The number of ether oxygens (including phenoxy) is 2. The van der Waals surface area contributed by atoms with Gasteiger partial charge in [-0.1, -0.05) is 84.0 Å². The number of carboxylic acid groups (broad SMARTS) is 1. The topological polar surface area (TPSA) is 89.9 Å². The second-order valence-electron chi connectivity index (χ2n) is 8.35. The molecule has 0 radical (unpaired) electrons. The first-order valence-electron chi connectivity index (χ1n) is 12.6. The Morgan fingerprint density at radius 3 is 1.29 bits per heavy atom. The molecule has 0 aromatic carbocycles. The molecular weight excluding hydrogens is 396 g/mol. The van der Waals surface area contributed by atoms with Gasteiger partial charge in [0.2, 0.25) is 0 Å². The molecule has 0 bridgehead atoms. The van der Waals surface area contributed by atoms with Gasteiger partial charge < -0.3 is 14.6 Å². The quantitative estimate of drug-likeness (QED) is 0.142. The fourth-order valence-electron chi connectivity index (χ4n) is 3.42. The van der Waals surface area contributed by atoms with Crippen molar-refractivity contribution in [1.29, 1.82) is 0 Å². The molecule has 31 heavy (non-hydrogen) atoms. The van der Waals surface area contributed by atoms with Gasteiger partial charge in [0, 0.05) is 19.3 Å². The van der Waals surface area contributed by atoms with Crippen molar-refractivity contribution in [2.24, 2.45) is 0 Å². The van der Waals surface area contributed by atoms with Crippen LogP contribution in [0.4, 0.5) is 0 Å². The summed E-state index contributed by atoms with van der Waals surface area (Å²) in [6, 6.07) is 0. The van der Waals surface area contributed by atoms with E-state index in [2.05, 4.69) is 0 Å². The second kappa shape index (κ2) is 23.1. The lowest BCUT2D eigenvalue weighted by Crippen LogP contribution is -2.05. The largest absolute Gasteiger partial charge is 0.481 e. The highest BCUT2D eigenvalue weighted by Gasteiger charge is 2.03. The fraction of sp³-hybridized carbons (Fsp3) is 0.880. The molecule has 6 nitrogen and oxygen atoms in total. The Labute approximate surface area is 189 Å². The van der Waals surface area contributed by atoms with Crippen LogP contribution >= 0.6 is 0 Å². The summed E-state index contributed by atoms with van der Waals surface area (Å²) in [6.07, 6.45) is 18.4. The molecular formula is C25H46O6. The molecule has 0 spiro atoms. The van der Waals surface area contributed by atoms with Gasteiger partial charge in [-0.25, -0.2) is 0 Å². The molecule has 0 aliphatic carbocycles. The van der Waals surface area contributed by atoms with Crippen LogP contribution in [0, 0.1) is 0 Å². The van der Waals surface area contributed by atoms with Gasteiger partial charge >= 0.3 is 17.9 Å². The van der Waals surface area contributed by atoms with Gasteiger partial charge in [-0.2, -0.15) is 0 Å². The third-order valence-electron chi connectivity index (χ3n) is 5.37. The minimum absolute atomic E-state index is 0.0718. The predicted molar refractivity (Wildman–Crippen MR) is 123 cm³/mol. The van der Waals surface area contributed by atoms with Crippen molar-refractivity contribution in [3.8, 4) is 0 Å². The number of unbranched alkanes of at least 4 members (excludes halogenated alkanes) is 14. The number of aliphatic carboxylic acids is 1. The van der Waals surface area contributed by atoms with E-state index in [1.165, 1.54) is 25.7 Å². The van der Waals surface area contributed by atoms with Gasteiger partial charge in [0.25, 0.3) is 0 Å². The molecule has 182 valence electrons. The van der Waals surface area contributed by atoms with Gasteiger partial charge in [0.1, 0.15) is 0 Å². The Morgan fingerprint density at radius 1 is 0.516 bits per heavy atom. The normalized spacial score (nSPS) is 10.7. The SMILES string of the molecule is CCC(=O)OCCCCCCCCCCOC(=O)CCCCCCCCCCC(=O)O. The van der Waals surface area contributed by atoms with Gasteiger partial charge in [-0.15, -0.1) is 0 Å². The van der Waals surface area contributed by atoms with Crippen molar-refractivity contribution in [2.45, 2.75) is 129 Å². The molecule has 0 aliphatic rings. The molecule has 1 N–H and O–H groups in total. The van der Waals surface area contributed by atoms with Crippen LogP contribution in [0.25, 0.3) is 0 Å². The number of esters is 2. The minimum atomic E-state index is -0.705. The molecule has 0 amide bonds. The number of carbonyl (C=O) groups is 3. The molecule has 0 saturated carbocycles. The van der Waals surface area contributed by atoms with Crippen molar-refractivity contribution in [3.63, 3.8) is 0 Å². The number of rotatable bonds is 23. The molecule has 0 atom stereocenters. The second-order valence-corrected chi connectivity index (χ2v) is 8.35. The lowest BCUT2D eigenvalue weighted by molar-refractivity contribution is -0.144. The zero-order chi connectivity index (χ0) is 23.0. The van der Waals surface area contributed by atoms with Gasteiger partial charge in [0.05, 0.1) is 13.2 Å². The number of hydrogen-bond donors (Lipinski definition) is 1. The van der Waals surface area contributed by atoms with Crippen molar-refractivity contribution in [1.82, 2.24) is 0 Å². The summed E-state index contributed by atoms with van der Waals surface area (Å²) < 4.78 is 10.4. The molecule has 0 saturated heterocycles. The predicted octanol–water partition coefficient (Wildman–Crippen LogP) is 6.59. The smallest absolute Gasteiger partial charge is 0.305 e. The standard InChI is InChI=1S/C25H46O6/c1-2-24(28)30-21-17-13-9-5-6-10-14-18-22-31-25(29)20-16-12-8-4-3-7-11-15-19-23(26)27/h2-22H2,1H3,(H,26,27). The van der Waals surface area contributed by atoms with E-state index in [1.54, 1.807) is 0 Å². The molecule has 0 rings (SSSR count). The Balaban J connectivity index is 3.20. The number of carboxylic acids is 1. The van der Waals surface area contributed by atoms with Gasteiger partial charge in [-0.3, -0.25) is 14.4 Å². The highest BCUT2D eigenvalue weighted by Crippen LogP contribution is 2.12. The zero-order valence-corrected chi connectivity index (χ0v) is 19.8. The van der Waals surface area contributed by atoms with E-state index in [1.807, 2.05) is 6.92 Å². The maximum Gasteiger partial charge on any atom is 0.305 e. The first kappa shape index (κ1) is 29.4. The first-order chi connectivity index (χ1) is 15.1. The maximum atomic E-state index is 11.7. The summed E-state index contributed by atoms with van der Waals surface area (Å²) in [5.41, 5.74) is 0. The zero-order valence-electron chi connectivity index (χ0n) is 19.8. The first-order valence-corrected chi connectivity index (χ1v) is 12.6. The molecule has 0 aromatic heterocycles. The van der Waals surface area contributed by atoms with E-state index in [0.29, 0.717) is 26.1 Å². The van der Waals surface area contributed by atoms with E-state index in [0.717, 1.165) is 77.0 Å².